The minimum atomic E-state index is 0.266. The largest absolute Gasteiger partial charge is 0.467 e. The lowest BCUT2D eigenvalue weighted by molar-refractivity contribution is 0.500. The zero-order chi connectivity index (χ0) is 14.1. The zero-order valence-electron chi connectivity index (χ0n) is 11.9. The first-order valence-corrected chi connectivity index (χ1v) is 7.07. The summed E-state index contributed by atoms with van der Waals surface area (Å²) in [5, 5.41) is 0. The summed E-state index contributed by atoms with van der Waals surface area (Å²) in [5.41, 5.74) is 5.93. The summed E-state index contributed by atoms with van der Waals surface area (Å²) < 4.78 is 5.46. The Balaban J connectivity index is 1.91. The molecule has 0 atom stereocenters. The van der Waals surface area contributed by atoms with Gasteiger partial charge in [0.05, 0.1) is 12.8 Å². The first kappa shape index (κ1) is 13.0. The maximum atomic E-state index is 5.93. The van der Waals surface area contributed by atoms with Crippen LogP contribution >= 0.6 is 0 Å². The van der Waals surface area contributed by atoms with Crippen molar-refractivity contribution < 1.29 is 4.42 Å². The van der Waals surface area contributed by atoms with Crippen LogP contribution in [0.2, 0.25) is 0 Å². The van der Waals surface area contributed by atoms with Gasteiger partial charge in [0.25, 0.3) is 0 Å². The van der Waals surface area contributed by atoms with Crippen molar-refractivity contribution >= 4 is 11.6 Å². The number of anilines is 2. The van der Waals surface area contributed by atoms with Gasteiger partial charge >= 0.3 is 0 Å². The summed E-state index contributed by atoms with van der Waals surface area (Å²) in [5.74, 6) is 3.44. The van der Waals surface area contributed by atoms with Gasteiger partial charge in [-0.3, -0.25) is 0 Å². The molecule has 1 fully saturated rings. The zero-order valence-corrected chi connectivity index (χ0v) is 11.9. The normalized spacial score (nSPS) is 14.8. The Morgan fingerprint density at radius 3 is 2.80 bits per heavy atom. The Kier molecular flexibility index (Phi) is 3.34. The van der Waals surface area contributed by atoms with Crippen LogP contribution in [0.1, 0.15) is 44.2 Å². The van der Waals surface area contributed by atoms with Gasteiger partial charge in [-0.15, -0.1) is 0 Å². The fourth-order valence-corrected chi connectivity index (χ4v) is 2.23. The third-order valence-electron chi connectivity index (χ3n) is 3.45. The van der Waals surface area contributed by atoms with E-state index in [1.165, 1.54) is 12.8 Å². The quantitative estimate of drug-likeness (QED) is 0.906. The topological polar surface area (TPSA) is 68.2 Å². The molecule has 3 rings (SSSR count). The predicted octanol–water partition coefficient (Wildman–Crippen LogP) is 2.94. The Hall–Kier alpha value is -2.04. The predicted molar refractivity (Wildman–Crippen MR) is 78.4 cm³/mol. The molecular weight excluding hydrogens is 252 g/mol. The second-order valence-corrected chi connectivity index (χ2v) is 5.60. The van der Waals surface area contributed by atoms with Gasteiger partial charge in [0.15, 0.2) is 0 Å². The van der Waals surface area contributed by atoms with E-state index < -0.39 is 0 Å². The molecule has 0 aliphatic heterocycles. The van der Waals surface area contributed by atoms with Crippen LogP contribution in [-0.4, -0.2) is 16.0 Å². The lowest BCUT2D eigenvalue weighted by Gasteiger charge is -2.23. The highest BCUT2D eigenvalue weighted by Crippen LogP contribution is 2.33. The maximum Gasteiger partial charge on any atom is 0.135 e. The molecule has 0 spiro atoms. The van der Waals surface area contributed by atoms with E-state index >= 15 is 0 Å². The molecule has 0 radical (unpaired) electrons. The second kappa shape index (κ2) is 5.15. The lowest BCUT2D eigenvalue weighted by atomic mass is 10.2. The molecule has 0 unspecified atom stereocenters. The number of nitrogens with zero attached hydrogens (tertiary/aromatic N) is 3. The number of nitrogens with two attached hydrogens (primary N) is 1. The highest BCUT2D eigenvalue weighted by molar-refractivity contribution is 5.49. The molecule has 0 amide bonds. The van der Waals surface area contributed by atoms with Crippen molar-refractivity contribution in [2.75, 3.05) is 10.6 Å². The molecule has 1 aliphatic carbocycles. The van der Waals surface area contributed by atoms with Crippen LogP contribution in [0.4, 0.5) is 11.6 Å². The third kappa shape index (κ3) is 2.76. The van der Waals surface area contributed by atoms with Crippen molar-refractivity contribution in [2.24, 2.45) is 0 Å². The molecule has 0 aromatic carbocycles. The highest BCUT2D eigenvalue weighted by atomic mass is 16.3. The third-order valence-corrected chi connectivity index (χ3v) is 3.45. The summed E-state index contributed by atoms with van der Waals surface area (Å²) in [4.78, 5) is 11.2. The Morgan fingerprint density at radius 1 is 1.40 bits per heavy atom. The Bertz CT molecular complexity index is 576. The van der Waals surface area contributed by atoms with E-state index in [-0.39, 0.29) is 5.92 Å². The van der Waals surface area contributed by atoms with Crippen LogP contribution in [0.25, 0.3) is 0 Å². The molecule has 1 saturated carbocycles. The highest BCUT2D eigenvalue weighted by Gasteiger charge is 2.31. The van der Waals surface area contributed by atoms with Crippen LogP contribution in [0.5, 0.6) is 0 Å². The summed E-state index contributed by atoms with van der Waals surface area (Å²) in [6.45, 7) is 4.88. The molecule has 5 nitrogen and oxygen atoms in total. The van der Waals surface area contributed by atoms with E-state index in [0.717, 1.165) is 23.9 Å². The molecule has 2 aromatic heterocycles. The molecular formula is C15H20N4O. The minimum absolute atomic E-state index is 0.266. The molecule has 20 heavy (non-hydrogen) atoms. The monoisotopic (exact) mass is 272 g/mol. The summed E-state index contributed by atoms with van der Waals surface area (Å²) >= 11 is 0. The van der Waals surface area contributed by atoms with E-state index in [0.29, 0.717) is 11.9 Å². The number of rotatable bonds is 5. The molecule has 5 heteroatoms. The average Bonchev–Trinajstić information content (AvgIpc) is 3.12. The molecule has 1 aliphatic rings. The number of nitrogen functional groups attached to an aromatic ring is 1. The van der Waals surface area contributed by atoms with Gasteiger partial charge in [-0.1, -0.05) is 13.8 Å². The number of hydrogen-bond acceptors (Lipinski definition) is 5. The summed E-state index contributed by atoms with van der Waals surface area (Å²) in [7, 11) is 0. The van der Waals surface area contributed by atoms with Crippen molar-refractivity contribution in [2.45, 2.75) is 45.2 Å². The van der Waals surface area contributed by atoms with E-state index in [4.69, 9.17) is 10.2 Å². The van der Waals surface area contributed by atoms with Crippen molar-refractivity contribution in [3.05, 3.63) is 36.0 Å². The Morgan fingerprint density at radius 2 is 2.20 bits per heavy atom. The SMILES string of the molecule is CC(C)c1nc(N)cc(N(Cc2ccco2)C2CC2)n1. The van der Waals surface area contributed by atoms with Gasteiger partial charge in [-0.25, -0.2) is 9.97 Å². The van der Waals surface area contributed by atoms with Gasteiger partial charge in [-0.05, 0) is 25.0 Å². The summed E-state index contributed by atoms with van der Waals surface area (Å²) in [6, 6.07) is 6.29. The maximum absolute atomic E-state index is 5.93. The number of hydrogen-bond donors (Lipinski definition) is 1. The van der Waals surface area contributed by atoms with Crippen LogP contribution in [0, 0.1) is 0 Å². The van der Waals surface area contributed by atoms with Crippen molar-refractivity contribution in [1.29, 1.82) is 0 Å². The molecule has 0 bridgehead atoms. The van der Waals surface area contributed by atoms with Crippen LogP contribution < -0.4 is 10.6 Å². The number of aromatic nitrogens is 2. The van der Waals surface area contributed by atoms with Crippen molar-refractivity contribution in [3.63, 3.8) is 0 Å². The van der Waals surface area contributed by atoms with Gasteiger partial charge < -0.3 is 15.1 Å². The van der Waals surface area contributed by atoms with Gasteiger partial charge in [0.1, 0.15) is 23.2 Å². The van der Waals surface area contributed by atoms with Crippen LogP contribution in [0.15, 0.2) is 28.9 Å². The minimum Gasteiger partial charge on any atom is -0.467 e. The second-order valence-electron chi connectivity index (χ2n) is 5.60. The molecule has 2 heterocycles. The molecule has 106 valence electrons. The van der Waals surface area contributed by atoms with E-state index in [2.05, 4.69) is 28.7 Å². The van der Waals surface area contributed by atoms with Crippen LogP contribution in [-0.2, 0) is 6.54 Å². The van der Waals surface area contributed by atoms with Crippen molar-refractivity contribution in [3.8, 4) is 0 Å². The first-order chi connectivity index (χ1) is 9.63. The molecule has 0 saturated heterocycles. The van der Waals surface area contributed by atoms with Crippen LogP contribution in [0.3, 0.4) is 0 Å². The van der Waals surface area contributed by atoms with E-state index in [9.17, 15) is 0 Å². The van der Waals surface area contributed by atoms with Crippen molar-refractivity contribution in [1.82, 2.24) is 9.97 Å². The smallest absolute Gasteiger partial charge is 0.135 e. The standard InChI is InChI=1S/C15H20N4O/c1-10(2)15-17-13(16)8-14(18-15)19(11-5-6-11)9-12-4-3-7-20-12/h3-4,7-8,10-11H,5-6,9H2,1-2H3,(H2,16,17,18). The van der Waals surface area contributed by atoms with E-state index in [1.807, 2.05) is 18.2 Å². The van der Waals surface area contributed by atoms with Gasteiger partial charge in [0, 0.05) is 18.0 Å². The molecule has 2 aromatic rings. The Labute approximate surface area is 118 Å². The van der Waals surface area contributed by atoms with Gasteiger partial charge in [-0.2, -0.15) is 0 Å². The first-order valence-electron chi connectivity index (χ1n) is 7.07. The van der Waals surface area contributed by atoms with Gasteiger partial charge in [0.2, 0.25) is 0 Å². The summed E-state index contributed by atoms with van der Waals surface area (Å²) in [6.07, 6.45) is 4.09. The fourth-order valence-electron chi connectivity index (χ4n) is 2.23. The fraction of sp³-hybridized carbons (Fsp3) is 0.467. The number of furan rings is 1. The molecule has 2 N–H and O–H groups in total. The average molecular weight is 272 g/mol. The lowest BCUT2D eigenvalue weighted by Crippen LogP contribution is -2.26. The van der Waals surface area contributed by atoms with E-state index in [1.54, 1.807) is 6.26 Å².